The molecule has 0 amide bonds. The van der Waals surface area contributed by atoms with Crippen LogP contribution in [0.4, 0.5) is 5.13 Å². The number of nitrogens with one attached hydrogen (secondary N) is 2. The topological polar surface area (TPSA) is 80.7 Å². The molecule has 27 heavy (non-hydrogen) atoms. The van der Waals surface area contributed by atoms with Crippen LogP contribution in [0.3, 0.4) is 0 Å². The smallest absolute Gasteiger partial charge is 0.231 e. The number of hydrogen-bond acceptors (Lipinski definition) is 6. The Kier molecular flexibility index (Phi) is 4.88. The predicted molar refractivity (Wildman–Crippen MR) is 108 cm³/mol. The fourth-order valence-electron chi connectivity index (χ4n) is 2.76. The molecule has 138 valence electrons. The highest BCUT2D eigenvalue weighted by molar-refractivity contribution is 7.14. The largest absolute Gasteiger partial charge is 0.454 e. The summed E-state index contributed by atoms with van der Waals surface area (Å²) in [6.07, 6.45) is 0. The molecule has 0 saturated carbocycles. The zero-order valence-corrected chi connectivity index (χ0v) is 15.8. The second-order valence-electron chi connectivity index (χ2n) is 5.71. The molecule has 0 saturated heterocycles. The molecule has 8 heteroatoms. The Morgan fingerprint density at radius 3 is 2.81 bits per heavy atom. The Bertz CT molecular complexity index is 986. The number of aromatic nitrogens is 2. The van der Waals surface area contributed by atoms with E-state index in [0.717, 1.165) is 45.8 Å². The highest BCUT2D eigenvalue weighted by Gasteiger charge is 2.19. The van der Waals surface area contributed by atoms with Gasteiger partial charge in [-0.05, 0) is 31.2 Å². The molecule has 0 fully saturated rings. The van der Waals surface area contributed by atoms with Crippen LogP contribution in [0, 0.1) is 0 Å². The summed E-state index contributed by atoms with van der Waals surface area (Å²) in [5.74, 6) is 2.17. The molecule has 2 aromatic heterocycles. The van der Waals surface area contributed by atoms with E-state index in [1.807, 2.05) is 48.7 Å². The van der Waals surface area contributed by atoms with E-state index in [4.69, 9.17) is 14.5 Å². The van der Waals surface area contributed by atoms with E-state index in [9.17, 15) is 0 Å². The van der Waals surface area contributed by atoms with Crippen LogP contribution in [0.25, 0.3) is 22.6 Å². The number of thiazole rings is 1. The van der Waals surface area contributed by atoms with Crippen molar-refractivity contribution in [2.75, 3.05) is 25.7 Å². The minimum Gasteiger partial charge on any atom is -0.454 e. The van der Waals surface area contributed by atoms with Gasteiger partial charge < -0.3 is 20.1 Å². The van der Waals surface area contributed by atoms with Gasteiger partial charge in [0.25, 0.3) is 0 Å². The molecule has 0 atom stereocenters. The number of benzene rings is 1. The first-order chi connectivity index (χ1) is 13.3. The number of hydrogen-bond donors (Lipinski definition) is 2. The van der Waals surface area contributed by atoms with E-state index in [0.29, 0.717) is 5.96 Å². The summed E-state index contributed by atoms with van der Waals surface area (Å²) in [5, 5.41) is 9.07. The molecule has 0 radical (unpaired) electrons. The van der Waals surface area contributed by atoms with Gasteiger partial charge in [0.2, 0.25) is 6.79 Å². The first kappa shape index (κ1) is 17.3. The van der Waals surface area contributed by atoms with Gasteiger partial charge in [0.1, 0.15) is 5.69 Å². The molecule has 1 aromatic carbocycles. The zero-order chi connectivity index (χ0) is 18.6. The summed E-state index contributed by atoms with van der Waals surface area (Å²) in [6.45, 7) is 3.04. The van der Waals surface area contributed by atoms with Gasteiger partial charge in [0, 0.05) is 24.5 Å². The normalized spacial score (nSPS) is 12.9. The lowest BCUT2D eigenvalue weighted by atomic mass is 10.1. The molecular weight excluding hydrogens is 362 g/mol. The number of ether oxygens (including phenoxy) is 2. The molecule has 7 nitrogen and oxygen atoms in total. The average molecular weight is 381 g/mol. The van der Waals surface area contributed by atoms with Crippen LogP contribution in [0.5, 0.6) is 11.5 Å². The van der Waals surface area contributed by atoms with Crippen LogP contribution < -0.4 is 20.1 Å². The monoisotopic (exact) mass is 381 g/mol. The van der Waals surface area contributed by atoms with Crippen LogP contribution in [-0.4, -0.2) is 36.3 Å². The lowest BCUT2D eigenvalue weighted by molar-refractivity contribution is 0.174. The lowest BCUT2D eigenvalue weighted by Crippen LogP contribution is -2.30. The van der Waals surface area contributed by atoms with Crippen molar-refractivity contribution in [3.8, 4) is 34.1 Å². The maximum absolute atomic E-state index is 5.61. The molecule has 1 aliphatic heterocycles. The van der Waals surface area contributed by atoms with Gasteiger partial charge in [0.05, 0.1) is 11.4 Å². The average Bonchev–Trinajstić information content (AvgIpc) is 3.37. The van der Waals surface area contributed by atoms with E-state index in [1.165, 1.54) is 11.3 Å². The van der Waals surface area contributed by atoms with Crippen molar-refractivity contribution in [3.63, 3.8) is 0 Å². The van der Waals surface area contributed by atoms with Crippen molar-refractivity contribution in [2.24, 2.45) is 4.99 Å². The molecule has 4 rings (SSSR count). The molecule has 0 aliphatic carbocycles. The van der Waals surface area contributed by atoms with Crippen molar-refractivity contribution in [1.29, 1.82) is 0 Å². The van der Waals surface area contributed by atoms with E-state index in [-0.39, 0.29) is 6.79 Å². The Hall–Kier alpha value is -3.13. The number of rotatable bonds is 4. The number of guanidine groups is 1. The third-order valence-corrected chi connectivity index (χ3v) is 4.74. The second-order valence-corrected chi connectivity index (χ2v) is 6.57. The van der Waals surface area contributed by atoms with Crippen molar-refractivity contribution in [2.45, 2.75) is 6.92 Å². The van der Waals surface area contributed by atoms with E-state index in [2.05, 4.69) is 20.6 Å². The van der Waals surface area contributed by atoms with Gasteiger partial charge >= 0.3 is 0 Å². The number of anilines is 1. The maximum Gasteiger partial charge on any atom is 0.231 e. The molecule has 3 aromatic rings. The zero-order valence-electron chi connectivity index (χ0n) is 15.0. The van der Waals surface area contributed by atoms with E-state index in [1.54, 1.807) is 7.05 Å². The highest BCUT2D eigenvalue weighted by Crippen LogP contribution is 2.40. The quantitative estimate of drug-likeness (QED) is 0.531. The second kappa shape index (κ2) is 7.63. The summed E-state index contributed by atoms with van der Waals surface area (Å²) in [4.78, 5) is 13.6. The summed E-state index contributed by atoms with van der Waals surface area (Å²) >= 11 is 1.51. The Labute approximate surface area is 161 Å². The van der Waals surface area contributed by atoms with E-state index < -0.39 is 0 Å². The Balaban J connectivity index is 1.62. The van der Waals surface area contributed by atoms with Crippen molar-refractivity contribution < 1.29 is 9.47 Å². The van der Waals surface area contributed by atoms with Crippen LogP contribution in [-0.2, 0) is 0 Å². The molecule has 0 unspecified atom stereocenters. The summed E-state index contributed by atoms with van der Waals surface area (Å²) < 4.78 is 11.1. The van der Waals surface area contributed by atoms with Gasteiger partial charge in [-0.15, -0.1) is 11.3 Å². The van der Waals surface area contributed by atoms with Gasteiger partial charge in [-0.25, -0.2) is 9.97 Å². The first-order valence-corrected chi connectivity index (χ1v) is 9.46. The van der Waals surface area contributed by atoms with Crippen LogP contribution in [0.1, 0.15) is 6.92 Å². The predicted octanol–water partition coefficient (Wildman–Crippen LogP) is 3.61. The summed E-state index contributed by atoms with van der Waals surface area (Å²) in [5.41, 5.74) is 3.33. The first-order valence-electron chi connectivity index (χ1n) is 8.58. The minimum atomic E-state index is 0.236. The van der Waals surface area contributed by atoms with Gasteiger partial charge in [0.15, 0.2) is 22.6 Å². The van der Waals surface area contributed by atoms with Crippen molar-refractivity contribution in [3.05, 3.63) is 41.8 Å². The molecule has 1 aliphatic rings. The van der Waals surface area contributed by atoms with Crippen LogP contribution in [0.2, 0.25) is 0 Å². The van der Waals surface area contributed by atoms with E-state index >= 15 is 0 Å². The third-order valence-electron chi connectivity index (χ3n) is 3.98. The molecule has 3 heterocycles. The summed E-state index contributed by atoms with van der Waals surface area (Å²) in [6, 6.07) is 11.7. The van der Waals surface area contributed by atoms with Crippen LogP contribution >= 0.6 is 11.3 Å². The maximum atomic E-state index is 5.61. The number of nitrogens with zero attached hydrogens (tertiary/aromatic N) is 3. The Morgan fingerprint density at radius 2 is 1.96 bits per heavy atom. The SMILES string of the molecule is CCNC(=NC)Nc1nc(-c2cccc(-c3cccc4c3OCO4)n2)cs1. The number of para-hydroxylation sites is 1. The van der Waals surface area contributed by atoms with Gasteiger partial charge in [-0.1, -0.05) is 12.1 Å². The third kappa shape index (κ3) is 3.56. The Morgan fingerprint density at radius 1 is 1.11 bits per heavy atom. The lowest BCUT2D eigenvalue weighted by Gasteiger charge is -2.07. The van der Waals surface area contributed by atoms with Crippen molar-refractivity contribution >= 4 is 22.4 Å². The summed E-state index contributed by atoms with van der Waals surface area (Å²) in [7, 11) is 1.73. The van der Waals surface area contributed by atoms with Gasteiger partial charge in [-0.2, -0.15) is 0 Å². The van der Waals surface area contributed by atoms with Crippen LogP contribution in [0.15, 0.2) is 46.8 Å². The minimum absolute atomic E-state index is 0.236. The van der Waals surface area contributed by atoms with Crippen molar-refractivity contribution in [1.82, 2.24) is 15.3 Å². The highest BCUT2D eigenvalue weighted by atomic mass is 32.1. The number of fused-ring (bicyclic) bond motifs is 1. The molecule has 0 bridgehead atoms. The number of aliphatic imine (C=N–C) groups is 1. The fraction of sp³-hybridized carbons (Fsp3) is 0.211. The fourth-order valence-corrected chi connectivity index (χ4v) is 3.46. The standard InChI is InChI=1S/C19H19N5O2S/c1-3-21-18(20-2)24-19-23-15(10-27-19)14-8-5-7-13(22-14)12-6-4-9-16-17(12)26-11-25-16/h4-10H,3,11H2,1-2H3,(H2,20,21,23,24). The molecule has 2 N–H and O–H groups in total. The molecular formula is C19H19N5O2S. The van der Waals surface area contributed by atoms with Gasteiger partial charge in [-0.3, -0.25) is 4.99 Å². The number of pyridine rings is 1. The molecule has 0 spiro atoms.